The Hall–Kier alpha value is -2.51. The highest BCUT2D eigenvalue weighted by molar-refractivity contribution is 5.71. The summed E-state index contributed by atoms with van der Waals surface area (Å²) in [4.78, 5) is 13.1. The van der Waals surface area contributed by atoms with Crippen LogP contribution in [-0.2, 0) is 11.2 Å². The SMILES string of the molecule is [N-]=[N+]=NCC#Cc1ccc(F)cc1CC(=O)O. The van der Waals surface area contributed by atoms with Gasteiger partial charge in [0.2, 0.25) is 0 Å². The number of benzene rings is 1. The summed E-state index contributed by atoms with van der Waals surface area (Å²) >= 11 is 0. The van der Waals surface area contributed by atoms with Crippen molar-refractivity contribution in [3.63, 3.8) is 0 Å². The zero-order chi connectivity index (χ0) is 12.7. The average molecular weight is 233 g/mol. The maximum atomic E-state index is 12.9. The monoisotopic (exact) mass is 233 g/mol. The molecule has 0 aliphatic heterocycles. The molecular weight excluding hydrogens is 225 g/mol. The second-order valence-corrected chi connectivity index (χ2v) is 3.06. The number of hydrogen-bond donors (Lipinski definition) is 1. The van der Waals surface area contributed by atoms with Gasteiger partial charge in [0, 0.05) is 10.5 Å². The van der Waals surface area contributed by atoms with Gasteiger partial charge in [0.05, 0.1) is 13.0 Å². The topological polar surface area (TPSA) is 86.1 Å². The fourth-order valence-electron chi connectivity index (χ4n) is 1.20. The van der Waals surface area contributed by atoms with Crippen molar-refractivity contribution < 1.29 is 14.3 Å². The average Bonchev–Trinajstić information content (AvgIpc) is 2.26. The Morgan fingerprint density at radius 3 is 3.00 bits per heavy atom. The standard InChI is InChI=1S/C11H8FN3O2/c12-10-4-3-8(2-1-5-14-15-13)9(6-10)7-11(16)17/h3-4,6H,5,7H2,(H,16,17). The molecule has 0 aliphatic carbocycles. The van der Waals surface area contributed by atoms with Crippen molar-refractivity contribution in [3.8, 4) is 11.8 Å². The van der Waals surface area contributed by atoms with Crippen LogP contribution in [0.5, 0.6) is 0 Å². The Bertz CT molecular complexity index is 539. The molecule has 0 bridgehead atoms. The van der Waals surface area contributed by atoms with E-state index in [0.717, 1.165) is 6.07 Å². The second-order valence-electron chi connectivity index (χ2n) is 3.06. The smallest absolute Gasteiger partial charge is 0.307 e. The lowest BCUT2D eigenvalue weighted by atomic mass is 10.0. The summed E-state index contributed by atoms with van der Waals surface area (Å²) in [6.07, 6.45) is -0.302. The largest absolute Gasteiger partial charge is 0.481 e. The van der Waals surface area contributed by atoms with Gasteiger partial charge in [-0.2, -0.15) is 0 Å². The van der Waals surface area contributed by atoms with Crippen LogP contribution in [0.3, 0.4) is 0 Å². The lowest BCUT2D eigenvalue weighted by Crippen LogP contribution is -2.02. The Labute approximate surface area is 96.5 Å². The highest BCUT2D eigenvalue weighted by Gasteiger charge is 2.06. The van der Waals surface area contributed by atoms with Gasteiger partial charge in [0.1, 0.15) is 5.82 Å². The van der Waals surface area contributed by atoms with Gasteiger partial charge in [0.25, 0.3) is 0 Å². The van der Waals surface area contributed by atoms with Crippen molar-refractivity contribution in [1.29, 1.82) is 0 Å². The predicted octanol–water partition coefficient (Wildman–Crippen LogP) is 2.11. The minimum absolute atomic E-state index is 0.0135. The van der Waals surface area contributed by atoms with E-state index in [9.17, 15) is 9.18 Å². The Morgan fingerprint density at radius 2 is 2.35 bits per heavy atom. The summed E-state index contributed by atoms with van der Waals surface area (Å²) in [5.74, 6) is 3.61. The van der Waals surface area contributed by atoms with Gasteiger partial charge in [-0.15, -0.1) is 0 Å². The van der Waals surface area contributed by atoms with E-state index in [-0.39, 0.29) is 13.0 Å². The van der Waals surface area contributed by atoms with E-state index >= 15 is 0 Å². The van der Waals surface area contributed by atoms with Crippen molar-refractivity contribution >= 4 is 5.97 Å². The molecule has 0 saturated carbocycles. The summed E-state index contributed by atoms with van der Waals surface area (Å²) < 4.78 is 12.9. The fraction of sp³-hybridized carbons (Fsp3) is 0.182. The molecule has 17 heavy (non-hydrogen) atoms. The lowest BCUT2D eigenvalue weighted by Gasteiger charge is -2.01. The third-order valence-electron chi connectivity index (χ3n) is 1.85. The van der Waals surface area contributed by atoms with Gasteiger partial charge >= 0.3 is 5.97 Å². The quantitative estimate of drug-likeness (QED) is 0.375. The molecule has 0 aliphatic rings. The van der Waals surface area contributed by atoms with Gasteiger partial charge in [-0.3, -0.25) is 4.79 Å². The first kappa shape index (κ1) is 12.6. The molecule has 0 fully saturated rings. The van der Waals surface area contributed by atoms with E-state index in [1.807, 2.05) is 0 Å². The predicted molar refractivity (Wildman–Crippen MR) is 58.6 cm³/mol. The van der Waals surface area contributed by atoms with E-state index < -0.39 is 11.8 Å². The first-order chi connectivity index (χ1) is 8.13. The number of nitrogens with zero attached hydrogens (tertiary/aromatic N) is 3. The van der Waals surface area contributed by atoms with Crippen LogP contribution >= 0.6 is 0 Å². The Kier molecular flexibility index (Phi) is 4.55. The fourth-order valence-corrected chi connectivity index (χ4v) is 1.20. The molecule has 1 aromatic carbocycles. The van der Waals surface area contributed by atoms with E-state index in [2.05, 4.69) is 21.9 Å². The van der Waals surface area contributed by atoms with Crippen LogP contribution in [0, 0.1) is 17.7 Å². The van der Waals surface area contributed by atoms with Crippen LogP contribution in [0.4, 0.5) is 4.39 Å². The number of carboxylic acid groups (broad SMARTS) is 1. The highest BCUT2D eigenvalue weighted by Crippen LogP contribution is 2.11. The van der Waals surface area contributed by atoms with Crippen LogP contribution in [0.1, 0.15) is 11.1 Å². The normalized spacial score (nSPS) is 8.76. The minimum Gasteiger partial charge on any atom is -0.481 e. The van der Waals surface area contributed by atoms with E-state index in [4.69, 9.17) is 10.6 Å². The highest BCUT2D eigenvalue weighted by atomic mass is 19.1. The summed E-state index contributed by atoms with van der Waals surface area (Å²) in [7, 11) is 0. The molecular formula is C11H8FN3O2. The first-order valence-electron chi connectivity index (χ1n) is 4.63. The molecule has 86 valence electrons. The number of azide groups is 1. The first-order valence-corrected chi connectivity index (χ1v) is 4.63. The van der Waals surface area contributed by atoms with E-state index in [1.165, 1.54) is 12.1 Å². The minimum atomic E-state index is -1.06. The molecule has 6 heteroatoms. The summed E-state index contributed by atoms with van der Waals surface area (Å²) in [5.41, 5.74) is 8.75. The van der Waals surface area contributed by atoms with Gasteiger partial charge in [-0.25, -0.2) is 4.39 Å². The number of aliphatic carboxylic acids is 1. The maximum Gasteiger partial charge on any atom is 0.307 e. The molecule has 1 N–H and O–H groups in total. The number of rotatable bonds is 3. The number of carbonyl (C=O) groups is 1. The number of hydrogen-bond acceptors (Lipinski definition) is 2. The van der Waals surface area contributed by atoms with Crippen molar-refractivity contribution in [1.82, 2.24) is 0 Å². The molecule has 5 nitrogen and oxygen atoms in total. The molecule has 0 aromatic heterocycles. The zero-order valence-electron chi connectivity index (χ0n) is 8.72. The van der Waals surface area contributed by atoms with E-state index in [1.54, 1.807) is 0 Å². The van der Waals surface area contributed by atoms with Gasteiger partial charge in [0.15, 0.2) is 0 Å². The summed E-state index contributed by atoms with van der Waals surface area (Å²) in [5, 5.41) is 11.9. The molecule has 0 saturated heterocycles. The summed E-state index contributed by atoms with van der Waals surface area (Å²) in [6.45, 7) is -0.0135. The second kappa shape index (κ2) is 6.16. The van der Waals surface area contributed by atoms with Gasteiger partial charge in [-0.1, -0.05) is 17.0 Å². The molecule has 0 atom stereocenters. The Morgan fingerprint density at radius 1 is 1.59 bits per heavy atom. The van der Waals surface area contributed by atoms with Crippen molar-refractivity contribution in [3.05, 3.63) is 45.6 Å². The van der Waals surface area contributed by atoms with Crippen molar-refractivity contribution in [2.75, 3.05) is 6.54 Å². The van der Waals surface area contributed by atoms with Gasteiger partial charge in [-0.05, 0) is 29.3 Å². The van der Waals surface area contributed by atoms with Crippen LogP contribution in [0.2, 0.25) is 0 Å². The van der Waals surface area contributed by atoms with Crippen molar-refractivity contribution in [2.45, 2.75) is 6.42 Å². The molecule has 0 unspecified atom stereocenters. The van der Waals surface area contributed by atoms with Crippen LogP contribution in [0.15, 0.2) is 23.3 Å². The molecule has 1 aromatic rings. The van der Waals surface area contributed by atoms with Gasteiger partial charge < -0.3 is 5.11 Å². The molecule has 0 spiro atoms. The van der Waals surface area contributed by atoms with Crippen LogP contribution in [-0.4, -0.2) is 17.6 Å². The zero-order valence-corrected chi connectivity index (χ0v) is 8.72. The molecule has 1 rings (SSSR count). The molecule has 0 amide bonds. The number of halogens is 1. The van der Waals surface area contributed by atoms with E-state index in [0.29, 0.717) is 11.1 Å². The Balaban J connectivity index is 2.99. The summed E-state index contributed by atoms with van der Waals surface area (Å²) in [6, 6.07) is 3.73. The third kappa shape index (κ3) is 4.24. The van der Waals surface area contributed by atoms with Crippen LogP contribution < -0.4 is 0 Å². The van der Waals surface area contributed by atoms with Crippen LogP contribution in [0.25, 0.3) is 10.4 Å². The molecule has 0 radical (unpaired) electrons. The third-order valence-corrected chi connectivity index (χ3v) is 1.85. The number of carboxylic acids is 1. The lowest BCUT2D eigenvalue weighted by molar-refractivity contribution is -0.136. The maximum absolute atomic E-state index is 12.9. The molecule has 0 heterocycles. The van der Waals surface area contributed by atoms with Crippen molar-refractivity contribution in [2.24, 2.45) is 5.11 Å².